The van der Waals surface area contributed by atoms with E-state index in [1.165, 1.54) is 0 Å². The predicted octanol–water partition coefficient (Wildman–Crippen LogP) is 3.54. The lowest BCUT2D eigenvalue weighted by Gasteiger charge is -2.27. The molecule has 1 rings (SSSR count). The molecular weight excluding hydrogens is 278 g/mol. The Balaban J connectivity index is 2.94. The molecule has 0 fully saturated rings. The molecule has 0 amide bonds. The molecule has 0 aliphatic carbocycles. The molecule has 17 heavy (non-hydrogen) atoms. The van der Waals surface area contributed by atoms with Crippen molar-refractivity contribution in [3.8, 4) is 0 Å². The minimum atomic E-state index is 0.607. The van der Waals surface area contributed by atoms with E-state index >= 15 is 0 Å². The molecule has 0 spiro atoms. The van der Waals surface area contributed by atoms with E-state index < -0.39 is 0 Å². The molecule has 1 heterocycles. The second-order valence-electron chi connectivity index (χ2n) is 5.27. The molecule has 0 aromatic carbocycles. The van der Waals surface area contributed by atoms with Gasteiger partial charge in [-0.1, -0.05) is 27.7 Å². The van der Waals surface area contributed by atoms with Crippen LogP contribution in [0.4, 0.5) is 11.5 Å². The molecule has 2 N–H and O–H groups in total. The van der Waals surface area contributed by atoms with Crippen molar-refractivity contribution >= 4 is 27.4 Å². The van der Waals surface area contributed by atoms with Crippen molar-refractivity contribution in [2.75, 3.05) is 23.7 Å². The van der Waals surface area contributed by atoms with Crippen LogP contribution in [0.15, 0.2) is 16.7 Å². The van der Waals surface area contributed by atoms with Crippen LogP contribution in [0, 0.1) is 11.8 Å². The Labute approximate surface area is 113 Å². The summed E-state index contributed by atoms with van der Waals surface area (Å²) in [6.07, 6.45) is 0. The number of pyridine rings is 1. The van der Waals surface area contributed by atoms with Gasteiger partial charge < -0.3 is 10.6 Å². The number of anilines is 2. The smallest absolute Gasteiger partial charge is 0.131 e. The Morgan fingerprint density at radius 3 is 2.12 bits per heavy atom. The van der Waals surface area contributed by atoms with E-state index in [1.54, 1.807) is 0 Å². The standard InChI is InChI=1S/C13H22BrN3/c1-9(2)7-17(8-10(3)4)13-6-11(15)5-12(14)16-13/h5-6,9-10H,7-8H2,1-4H3,(H2,15,16). The first-order valence-electron chi connectivity index (χ1n) is 6.06. The van der Waals surface area contributed by atoms with Crippen molar-refractivity contribution in [2.45, 2.75) is 27.7 Å². The SMILES string of the molecule is CC(C)CN(CC(C)C)c1cc(N)cc(Br)n1. The van der Waals surface area contributed by atoms with Crippen LogP contribution in [-0.2, 0) is 0 Å². The van der Waals surface area contributed by atoms with Gasteiger partial charge in [-0.2, -0.15) is 0 Å². The Morgan fingerprint density at radius 1 is 1.18 bits per heavy atom. The first-order valence-corrected chi connectivity index (χ1v) is 6.85. The first-order chi connectivity index (χ1) is 7.88. The van der Waals surface area contributed by atoms with Gasteiger partial charge in [0, 0.05) is 24.8 Å². The van der Waals surface area contributed by atoms with Crippen LogP contribution in [0.25, 0.3) is 0 Å². The third-order valence-corrected chi connectivity index (χ3v) is 2.70. The third-order valence-electron chi connectivity index (χ3n) is 2.30. The van der Waals surface area contributed by atoms with Gasteiger partial charge in [0.2, 0.25) is 0 Å². The number of nitrogens with zero attached hydrogens (tertiary/aromatic N) is 2. The quantitative estimate of drug-likeness (QED) is 0.846. The predicted molar refractivity (Wildman–Crippen MR) is 78.2 cm³/mol. The van der Waals surface area contributed by atoms with Crippen LogP contribution in [-0.4, -0.2) is 18.1 Å². The summed E-state index contributed by atoms with van der Waals surface area (Å²) in [4.78, 5) is 6.81. The van der Waals surface area contributed by atoms with Crippen LogP contribution >= 0.6 is 15.9 Å². The summed E-state index contributed by atoms with van der Waals surface area (Å²) in [7, 11) is 0. The molecule has 3 nitrogen and oxygen atoms in total. The number of hydrogen-bond acceptors (Lipinski definition) is 3. The molecule has 4 heteroatoms. The van der Waals surface area contributed by atoms with Crippen molar-refractivity contribution in [3.63, 3.8) is 0 Å². The number of halogens is 1. The number of nitrogen functional groups attached to an aromatic ring is 1. The fourth-order valence-electron chi connectivity index (χ4n) is 1.81. The fourth-order valence-corrected chi connectivity index (χ4v) is 2.25. The second kappa shape index (κ2) is 6.24. The lowest BCUT2D eigenvalue weighted by molar-refractivity contribution is 0.548. The summed E-state index contributed by atoms with van der Waals surface area (Å²) in [5.74, 6) is 2.17. The van der Waals surface area contributed by atoms with Gasteiger partial charge in [0.15, 0.2) is 0 Å². The van der Waals surface area contributed by atoms with Crippen LogP contribution in [0.5, 0.6) is 0 Å². The molecule has 0 atom stereocenters. The zero-order chi connectivity index (χ0) is 13.0. The summed E-state index contributed by atoms with van der Waals surface area (Å²) in [6, 6.07) is 3.77. The highest BCUT2D eigenvalue weighted by atomic mass is 79.9. The first kappa shape index (κ1) is 14.3. The van der Waals surface area contributed by atoms with Gasteiger partial charge in [0.05, 0.1) is 0 Å². The van der Waals surface area contributed by atoms with Crippen molar-refractivity contribution in [2.24, 2.45) is 11.8 Å². The van der Waals surface area contributed by atoms with Crippen LogP contribution in [0.3, 0.4) is 0 Å². The molecule has 96 valence electrons. The molecule has 0 saturated heterocycles. The number of nitrogens with two attached hydrogens (primary N) is 1. The molecule has 0 radical (unpaired) electrons. The summed E-state index contributed by atoms with van der Waals surface area (Å²) in [5, 5.41) is 0. The molecule has 0 bridgehead atoms. The minimum Gasteiger partial charge on any atom is -0.399 e. The summed E-state index contributed by atoms with van der Waals surface area (Å²) in [6.45, 7) is 10.9. The van der Waals surface area contributed by atoms with E-state index in [-0.39, 0.29) is 0 Å². The normalized spacial score (nSPS) is 11.2. The summed E-state index contributed by atoms with van der Waals surface area (Å²) in [5.41, 5.74) is 6.61. The highest BCUT2D eigenvalue weighted by Crippen LogP contribution is 2.21. The Morgan fingerprint density at radius 2 is 1.71 bits per heavy atom. The topological polar surface area (TPSA) is 42.1 Å². The van der Waals surface area contributed by atoms with E-state index in [0.717, 1.165) is 29.2 Å². The Bertz CT molecular complexity index is 333. The van der Waals surface area contributed by atoms with Gasteiger partial charge in [-0.05, 0) is 33.8 Å². The summed E-state index contributed by atoms with van der Waals surface area (Å²) >= 11 is 3.40. The van der Waals surface area contributed by atoms with E-state index in [2.05, 4.69) is 53.5 Å². The van der Waals surface area contributed by atoms with Crippen LogP contribution < -0.4 is 10.6 Å². The molecular formula is C13H22BrN3. The van der Waals surface area contributed by atoms with Crippen LogP contribution in [0.2, 0.25) is 0 Å². The second-order valence-corrected chi connectivity index (χ2v) is 6.09. The van der Waals surface area contributed by atoms with Crippen molar-refractivity contribution in [3.05, 3.63) is 16.7 Å². The average molecular weight is 300 g/mol. The highest BCUT2D eigenvalue weighted by molar-refractivity contribution is 9.10. The van der Waals surface area contributed by atoms with Crippen molar-refractivity contribution in [1.29, 1.82) is 0 Å². The Hall–Kier alpha value is -0.770. The minimum absolute atomic E-state index is 0.607. The van der Waals surface area contributed by atoms with Gasteiger partial charge in [0.25, 0.3) is 0 Å². The third kappa shape index (κ3) is 4.94. The largest absolute Gasteiger partial charge is 0.399 e. The number of rotatable bonds is 5. The van der Waals surface area contributed by atoms with Gasteiger partial charge in [-0.25, -0.2) is 4.98 Å². The lowest BCUT2D eigenvalue weighted by atomic mass is 10.1. The highest BCUT2D eigenvalue weighted by Gasteiger charge is 2.12. The van der Waals surface area contributed by atoms with E-state index in [0.29, 0.717) is 11.8 Å². The number of aromatic nitrogens is 1. The zero-order valence-corrected chi connectivity index (χ0v) is 12.7. The lowest BCUT2D eigenvalue weighted by Crippen LogP contribution is -2.32. The van der Waals surface area contributed by atoms with Gasteiger partial charge in [-0.15, -0.1) is 0 Å². The van der Waals surface area contributed by atoms with Crippen LogP contribution in [0.1, 0.15) is 27.7 Å². The van der Waals surface area contributed by atoms with Gasteiger partial charge in [-0.3, -0.25) is 0 Å². The Kier molecular flexibility index (Phi) is 5.25. The van der Waals surface area contributed by atoms with Crippen molar-refractivity contribution < 1.29 is 0 Å². The molecule has 1 aromatic heterocycles. The van der Waals surface area contributed by atoms with Gasteiger partial charge in [0.1, 0.15) is 10.4 Å². The van der Waals surface area contributed by atoms with Crippen molar-refractivity contribution in [1.82, 2.24) is 4.98 Å². The fraction of sp³-hybridized carbons (Fsp3) is 0.615. The maximum Gasteiger partial charge on any atom is 0.131 e. The van der Waals surface area contributed by atoms with Gasteiger partial charge >= 0.3 is 0 Å². The molecule has 0 aliphatic heterocycles. The molecule has 0 aliphatic rings. The molecule has 1 aromatic rings. The maximum atomic E-state index is 5.86. The number of hydrogen-bond donors (Lipinski definition) is 1. The summed E-state index contributed by atoms with van der Waals surface area (Å²) < 4.78 is 0.796. The van der Waals surface area contributed by atoms with E-state index in [4.69, 9.17) is 5.73 Å². The average Bonchev–Trinajstić information content (AvgIpc) is 2.13. The zero-order valence-electron chi connectivity index (χ0n) is 11.1. The monoisotopic (exact) mass is 299 g/mol. The molecule has 0 unspecified atom stereocenters. The maximum absolute atomic E-state index is 5.86. The molecule has 0 saturated carbocycles. The van der Waals surface area contributed by atoms with E-state index in [9.17, 15) is 0 Å². The van der Waals surface area contributed by atoms with E-state index in [1.807, 2.05) is 12.1 Å².